The number of fused-ring (bicyclic) bond motifs is 4. The zero-order valence-corrected chi connectivity index (χ0v) is 41.9. The maximum atomic E-state index is 2.77. The Hall–Kier alpha value is -6.06. The van der Waals surface area contributed by atoms with E-state index in [0.29, 0.717) is 11.8 Å². The molecule has 4 aromatic rings. The van der Waals surface area contributed by atoms with Crippen molar-refractivity contribution < 1.29 is 0 Å². The summed E-state index contributed by atoms with van der Waals surface area (Å²) in [5.74, 6) is 0.903. The highest BCUT2D eigenvalue weighted by molar-refractivity contribution is 5.82. The average Bonchev–Trinajstić information content (AvgIpc) is 3.68. The van der Waals surface area contributed by atoms with Crippen molar-refractivity contribution in [2.75, 3.05) is 4.90 Å². The van der Waals surface area contributed by atoms with Crippen LogP contribution in [0.25, 0.3) is 29.0 Å². The molecule has 0 N–H and O–H groups in total. The third-order valence-corrected chi connectivity index (χ3v) is 16.3. The third kappa shape index (κ3) is 7.94. The second-order valence-corrected chi connectivity index (χ2v) is 23.1. The summed E-state index contributed by atoms with van der Waals surface area (Å²) >= 11 is 0. The van der Waals surface area contributed by atoms with E-state index in [2.05, 4.69) is 228 Å². The van der Waals surface area contributed by atoms with Gasteiger partial charge in [0.25, 0.3) is 0 Å². The van der Waals surface area contributed by atoms with Crippen LogP contribution in [0.1, 0.15) is 141 Å². The molecule has 3 heteroatoms. The zero-order valence-electron chi connectivity index (χ0n) is 41.9. The molecule has 0 fully saturated rings. The van der Waals surface area contributed by atoms with E-state index in [1.807, 2.05) is 0 Å². The normalized spacial score (nSPS) is 22.6. The van der Waals surface area contributed by atoms with Crippen molar-refractivity contribution >= 4 is 40.4 Å². The fraction of sp³-hybridized carbons (Fsp3) is 0.354. The van der Waals surface area contributed by atoms with Gasteiger partial charge in [-0.2, -0.15) is 0 Å². The van der Waals surface area contributed by atoms with Gasteiger partial charge < -0.3 is 14.4 Å². The predicted molar refractivity (Wildman–Crippen MR) is 289 cm³/mol. The summed E-state index contributed by atoms with van der Waals surface area (Å²) in [5, 5.41) is 2.89. The van der Waals surface area contributed by atoms with Crippen LogP contribution in [0.2, 0.25) is 0 Å². The van der Waals surface area contributed by atoms with E-state index in [-0.39, 0.29) is 22.3 Å². The molecule has 2 heterocycles. The summed E-state index contributed by atoms with van der Waals surface area (Å²) < 4.78 is 2.77. The Bertz CT molecular complexity index is 3060. The van der Waals surface area contributed by atoms with Crippen molar-refractivity contribution in [3.63, 3.8) is 0 Å². The van der Waals surface area contributed by atoms with Crippen molar-refractivity contribution in [3.05, 3.63) is 207 Å². The van der Waals surface area contributed by atoms with Crippen LogP contribution < -0.4 is 15.5 Å². The molecular formula is C65H71N3. The van der Waals surface area contributed by atoms with Crippen LogP contribution in [0.15, 0.2) is 168 Å². The zero-order chi connectivity index (χ0) is 47.0. The van der Waals surface area contributed by atoms with Crippen LogP contribution in [0.5, 0.6) is 0 Å². The molecule has 0 saturated carbocycles. The van der Waals surface area contributed by atoms with Gasteiger partial charge in [-0.25, -0.2) is 0 Å². The molecule has 1 aromatic heterocycles. The van der Waals surface area contributed by atoms with Gasteiger partial charge in [-0.1, -0.05) is 171 Å². The Morgan fingerprint density at radius 1 is 0.676 bits per heavy atom. The molecule has 1 aliphatic heterocycles. The minimum Gasteiger partial charge on any atom is -0.334 e. The average molecular weight is 894 g/mol. The molecule has 0 radical (unpaired) electrons. The monoisotopic (exact) mass is 894 g/mol. The molecule has 3 aromatic carbocycles. The van der Waals surface area contributed by atoms with Gasteiger partial charge in [0.1, 0.15) is 0 Å². The highest BCUT2D eigenvalue weighted by Gasteiger charge is 2.42. The maximum absolute atomic E-state index is 2.77. The topological polar surface area (TPSA) is 11.4 Å². The molecule has 3 unspecified atom stereocenters. The van der Waals surface area contributed by atoms with E-state index in [4.69, 9.17) is 0 Å². The van der Waals surface area contributed by atoms with E-state index >= 15 is 0 Å². The summed E-state index contributed by atoms with van der Waals surface area (Å²) in [7, 11) is 0. The van der Waals surface area contributed by atoms with E-state index in [1.54, 1.807) is 5.57 Å². The number of hydrogen-bond acceptors (Lipinski definition) is 2. The van der Waals surface area contributed by atoms with Crippen molar-refractivity contribution in [1.82, 2.24) is 9.47 Å². The van der Waals surface area contributed by atoms with Crippen LogP contribution in [-0.2, 0) is 11.8 Å². The summed E-state index contributed by atoms with van der Waals surface area (Å²) in [6.45, 7) is 19.1. The van der Waals surface area contributed by atoms with Gasteiger partial charge in [0.2, 0.25) is 0 Å². The van der Waals surface area contributed by atoms with Crippen LogP contribution >= 0.6 is 0 Å². The molecule has 346 valence electrons. The number of benzene rings is 3. The molecule has 6 aliphatic carbocycles. The van der Waals surface area contributed by atoms with E-state index in [9.17, 15) is 0 Å². The minimum absolute atomic E-state index is 0.0732. The van der Waals surface area contributed by atoms with Gasteiger partial charge in [0, 0.05) is 62.0 Å². The number of aromatic nitrogens is 1. The molecule has 0 amide bonds. The van der Waals surface area contributed by atoms with Crippen molar-refractivity contribution in [3.8, 4) is 0 Å². The standard InChI is InChI=1S/C65H71N3/c1-63(2,3)48-27-35-52(36-28-48)66(50-31-23-46(24-32-50)44-17-11-9-12-18-44)54-39-40-60-56(41-54)57-42-55(43-59-62(57)68(60)61-22-16-15-21-58(61)65(59,7)8)67(53-37-29-49(30-38-53)64(4,5)6)51-33-25-47(26-34-51)45-19-13-10-14-20-45/h9,11-13,15,17-21,23,25-27,29-38,41-42,46,48,55H,10,14,16,22,24,28,39-40,43H2,1-8H3. The largest absolute Gasteiger partial charge is 0.334 e. The van der Waals surface area contributed by atoms with Crippen LogP contribution in [0.4, 0.5) is 11.4 Å². The van der Waals surface area contributed by atoms with Gasteiger partial charge in [0.05, 0.1) is 11.4 Å². The number of rotatable bonds is 8. The highest BCUT2D eigenvalue weighted by Crippen LogP contribution is 2.49. The van der Waals surface area contributed by atoms with Crippen molar-refractivity contribution in [2.45, 2.75) is 131 Å². The molecule has 11 rings (SSSR count). The highest BCUT2D eigenvalue weighted by atomic mass is 15.2. The number of allylic oxidation sites excluding steroid dienone is 15. The van der Waals surface area contributed by atoms with Gasteiger partial charge in [-0.3, -0.25) is 0 Å². The Kier molecular flexibility index (Phi) is 11.2. The molecular weight excluding hydrogens is 823 g/mol. The predicted octanol–water partition coefficient (Wildman–Crippen LogP) is 15.4. The van der Waals surface area contributed by atoms with Crippen LogP contribution in [0.3, 0.4) is 0 Å². The summed E-state index contributed by atoms with van der Waals surface area (Å²) in [5.41, 5.74) is 19.5. The smallest absolute Gasteiger partial charge is 0.0570 e. The van der Waals surface area contributed by atoms with Gasteiger partial charge >= 0.3 is 0 Å². The molecule has 68 heavy (non-hydrogen) atoms. The summed E-state index contributed by atoms with van der Waals surface area (Å²) in [6.07, 6.45) is 41.4. The first-order chi connectivity index (χ1) is 32.7. The summed E-state index contributed by atoms with van der Waals surface area (Å²) in [4.78, 5) is 5.28. The lowest BCUT2D eigenvalue weighted by Crippen LogP contribution is -2.48. The first-order valence-corrected chi connectivity index (χ1v) is 25.8. The second kappa shape index (κ2) is 17.2. The molecule has 3 atom stereocenters. The lowest BCUT2D eigenvalue weighted by molar-refractivity contribution is 0.291. The SMILES string of the molecule is CC1(C)C2=C(CCC=C2)n2c3c(c4c2=C1CC(N(c1ccc(C2=CCCC=C2)cc1)c1ccc(C(C)(C)C)cc1)C=4)C=C(N(C1=CCC(c2ccccc2)C=C1)C1=CCC(C(C)(C)C)C=C1)CC3. The molecule has 0 spiro atoms. The van der Waals surface area contributed by atoms with Crippen LogP contribution in [0, 0.1) is 16.7 Å². The second-order valence-electron chi connectivity index (χ2n) is 23.1. The first-order valence-electron chi connectivity index (χ1n) is 25.8. The maximum Gasteiger partial charge on any atom is 0.0570 e. The molecule has 3 nitrogen and oxygen atoms in total. The Balaban J connectivity index is 1.08. The fourth-order valence-electron chi connectivity index (χ4n) is 12.3. The number of anilines is 2. The lowest BCUT2D eigenvalue weighted by Gasteiger charge is -2.42. The Labute approximate surface area is 407 Å². The van der Waals surface area contributed by atoms with E-state index < -0.39 is 0 Å². The molecule has 0 bridgehead atoms. The molecule has 0 saturated heterocycles. The third-order valence-electron chi connectivity index (χ3n) is 16.3. The number of nitrogens with zero attached hydrogens (tertiary/aromatic N) is 3. The molecule has 7 aliphatic rings. The Morgan fingerprint density at radius 3 is 2.03 bits per heavy atom. The summed E-state index contributed by atoms with van der Waals surface area (Å²) in [6, 6.07) is 30.1. The van der Waals surface area contributed by atoms with Crippen molar-refractivity contribution in [1.29, 1.82) is 0 Å². The van der Waals surface area contributed by atoms with E-state index in [1.165, 1.54) is 83.8 Å². The fourth-order valence-corrected chi connectivity index (χ4v) is 12.3. The van der Waals surface area contributed by atoms with Crippen LogP contribution in [-0.4, -0.2) is 15.5 Å². The Morgan fingerprint density at radius 2 is 1.38 bits per heavy atom. The quantitative estimate of drug-likeness (QED) is 0.175. The van der Waals surface area contributed by atoms with Gasteiger partial charge in [-0.05, 0) is 150 Å². The lowest BCUT2D eigenvalue weighted by atomic mass is 9.69. The van der Waals surface area contributed by atoms with E-state index in [0.717, 1.165) is 57.8 Å². The number of hydrogen-bond donors (Lipinski definition) is 0. The van der Waals surface area contributed by atoms with Gasteiger partial charge in [0.15, 0.2) is 0 Å². The minimum atomic E-state index is -0.108. The van der Waals surface area contributed by atoms with Crippen molar-refractivity contribution in [2.24, 2.45) is 16.7 Å². The van der Waals surface area contributed by atoms with Gasteiger partial charge in [-0.15, -0.1) is 0 Å². The first kappa shape index (κ1) is 44.4.